The van der Waals surface area contributed by atoms with Crippen molar-refractivity contribution >= 4 is 5.65 Å². The van der Waals surface area contributed by atoms with E-state index in [-0.39, 0.29) is 5.75 Å². The van der Waals surface area contributed by atoms with Crippen molar-refractivity contribution in [3.05, 3.63) is 193 Å². The van der Waals surface area contributed by atoms with Crippen LogP contribution in [-0.2, 0) is 0 Å². The minimum Gasteiger partial charge on any atom is -0.507 e. The summed E-state index contributed by atoms with van der Waals surface area (Å²) in [5, 5.41) is 11.0. The van der Waals surface area contributed by atoms with Crippen molar-refractivity contribution in [2.75, 3.05) is 0 Å². The summed E-state index contributed by atoms with van der Waals surface area (Å²) in [5.74, 6) is 0.198. The van der Waals surface area contributed by atoms with E-state index in [2.05, 4.69) is 170 Å². The lowest BCUT2D eigenvalue weighted by molar-refractivity contribution is 0.477. The second-order valence-corrected chi connectivity index (χ2v) is 13.7. The van der Waals surface area contributed by atoms with E-state index in [1.54, 1.807) is 6.07 Å². The van der Waals surface area contributed by atoms with Crippen molar-refractivity contribution in [2.45, 2.75) is 13.8 Å². The first-order valence-electron chi connectivity index (χ1n) is 18.2. The summed E-state index contributed by atoms with van der Waals surface area (Å²) < 4.78 is 2.21. The van der Waals surface area contributed by atoms with Gasteiger partial charge in [-0.3, -0.25) is 4.40 Å². The average molecular weight is 696 g/mol. The quantitative estimate of drug-likeness (QED) is 0.181. The van der Waals surface area contributed by atoms with E-state index in [9.17, 15) is 5.11 Å². The molecular formula is C50H37N3O. The first-order valence-corrected chi connectivity index (χ1v) is 18.2. The van der Waals surface area contributed by atoms with E-state index in [1.807, 2.05) is 24.3 Å². The molecule has 0 aliphatic heterocycles. The Labute approximate surface area is 315 Å². The maximum atomic E-state index is 11.0. The summed E-state index contributed by atoms with van der Waals surface area (Å²) in [4.78, 5) is 10.5. The number of hydrogen-bond acceptors (Lipinski definition) is 3. The number of imidazole rings is 1. The zero-order chi connectivity index (χ0) is 36.6. The molecule has 0 atom stereocenters. The fourth-order valence-electron chi connectivity index (χ4n) is 7.71. The first-order chi connectivity index (χ1) is 26.5. The van der Waals surface area contributed by atoms with Crippen molar-refractivity contribution in [3.8, 4) is 84.2 Å². The molecule has 54 heavy (non-hydrogen) atoms. The Morgan fingerprint density at radius 3 is 1.69 bits per heavy atom. The summed E-state index contributed by atoms with van der Waals surface area (Å²) in [7, 11) is 0. The second kappa shape index (κ2) is 13.8. The van der Waals surface area contributed by atoms with Gasteiger partial charge in [0, 0.05) is 28.5 Å². The van der Waals surface area contributed by atoms with Gasteiger partial charge in [0.05, 0.1) is 22.8 Å². The van der Waals surface area contributed by atoms with Crippen LogP contribution in [0.3, 0.4) is 0 Å². The van der Waals surface area contributed by atoms with Gasteiger partial charge in [0.1, 0.15) is 11.4 Å². The molecule has 0 unspecified atom stereocenters. The van der Waals surface area contributed by atoms with Gasteiger partial charge >= 0.3 is 0 Å². The molecule has 0 fully saturated rings. The summed E-state index contributed by atoms with van der Waals surface area (Å²) in [6, 6.07) is 60.5. The molecule has 3 aromatic heterocycles. The molecule has 1 N–H and O–H groups in total. The van der Waals surface area contributed by atoms with E-state index in [0.29, 0.717) is 11.3 Å². The van der Waals surface area contributed by atoms with Crippen molar-refractivity contribution in [1.29, 1.82) is 0 Å². The van der Waals surface area contributed by atoms with Crippen molar-refractivity contribution in [1.82, 2.24) is 14.4 Å². The van der Waals surface area contributed by atoms with Crippen LogP contribution in [-0.4, -0.2) is 19.5 Å². The van der Waals surface area contributed by atoms with Gasteiger partial charge < -0.3 is 5.11 Å². The molecule has 0 bridgehead atoms. The predicted molar refractivity (Wildman–Crippen MR) is 222 cm³/mol. The van der Waals surface area contributed by atoms with Crippen LogP contribution in [0.25, 0.3) is 84.1 Å². The summed E-state index contributed by atoms with van der Waals surface area (Å²) in [6.45, 7) is 4.29. The maximum absolute atomic E-state index is 11.0. The van der Waals surface area contributed by atoms with Gasteiger partial charge in [-0.1, -0.05) is 133 Å². The third kappa shape index (κ3) is 5.94. The molecule has 6 aromatic carbocycles. The standard InChI is InChI=1S/C50H37N3O/c1-33-16-13-17-34(2)47(33)39-31-43(51-44(32-39)42-24-9-10-27-45(42)54)37-22-14-23-38(30-37)49-50(53-29-12-11-28-46(53)52-49)48-40(35-18-5-3-6-19-35)25-15-26-41(48)36-20-7-4-8-21-36/h3-32,54H,1-2H3. The molecule has 9 rings (SSSR count). The molecule has 9 aromatic rings. The van der Waals surface area contributed by atoms with Crippen molar-refractivity contribution < 1.29 is 5.11 Å². The Kier molecular flexibility index (Phi) is 8.41. The fraction of sp³-hybridized carbons (Fsp3) is 0.0400. The van der Waals surface area contributed by atoms with Crippen LogP contribution in [0.4, 0.5) is 0 Å². The molecule has 0 spiro atoms. The van der Waals surface area contributed by atoms with E-state index in [1.165, 1.54) is 16.7 Å². The van der Waals surface area contributed by atoms with E-state index in [4.69, 9.17) is 9.97 Å². The Morgan fingerprint density at radius 2 is 0.981 bits per heavy atom. The third-order valence-corrected chi connectivity index (χ3v) is 10.2. The summed E-state index contributed by atoms with van der Waals surface area (Å²) in [6.07, 6.45) is 2.11. The molecule has 0 amide bonds. The van der Waals surface area contributed by atoms with Crippen LogP contribution in [0.1, 0.15) is 11.1 Å². The number of aryl methyl sites for hydroxylation is 2. The minimum absolute atomic E-state index is 0.198. The van der Waals surface area contributed by atoms with E-state index < -0.39 is 0 Å². The SMILES string of the molecule is Cc1cccc(C)c1-c1cc(-c2cccc(-c3nc4ccccn4c3-c3c(-c4ccccc4)cccc3-c3ccccc3)c2)nc(-c2ccccc2O)c1. The molecular weight excluding hydrogens is 659 g/mol. The Balaban J connectivity index is 1.29. The van der Waals surface area contributed by atoms with E-state index in [0.717, 1.165) is 67.2 Å². The number of phenols is 1. The second-order valence-electron chi connectivity index (χ2n) is 13.7. The van der Waals surface area contributed by atoms with Crippen LogP contribution in [0.15, 0.2) is 182 Å². The lowest BCUT2D eigenvalue weighted by Crippen LogP contribution is -1.96. The highest BCUT2D eigenvalue weighted by atomic mass is 16.3. The normalized spacial score (nSPS) is 11.2. The number of phenolic OH excluding ortho intramolecular Hbond substituents is 1. The minimum atomic E-state index is 0.198. The van der Waals surface area contributed by atoms with E-state index >= 15 is 0 Å². The van der Waals surface area contributed by atoms with Crippen LogP contribution in [0.2, 0.25) is 0 Å². The van der Waals surface area contributed by atoms with Crippen molar-refractivity contribution in [2.24, 2.45) is 0 Å². The summed E-state index contributed by atoms with van der Waals surface area (Å²) in [5.41, 5.74) is 17.2. The Morgan fingerprint density at radius 1 is 0.426 bits per heavy atom. The number of benzene rings is 6. The monoisotopic (exact) mass is 695 g/mol. The average Bonchev–Trinajstić information content (AvgIpc) is 3.61. The third-order valence-electron chi connectivity index (χ3n) is 10.2. The van der Waals surface area contributed by atoms with Gasteiger partial charge in [-0.05, 0) is 101 Å². The first kappa shape index (κ1) is 32.8. The van der Waals surface area contributed by atoms with Gasteiger partial charge in [-0.25, -0.2) is 9.97 Å². The zero-order valence-electron chi connectivity index (χ0n) is 30.1. The topological polar surface area (TPSA) is 50.4 Å². The highest BCUT2D eigenvalue weighted by Gasteiger charge is 2.23. The maximum Gasteiger partial charge on any atom is 0.137 e. The molecule has 4 nitrogen and oxygen atoms in total. The van der Waals surface area contributed by atoms with Crippen LogP contribution < -0.4 is 0 Å². The number of para-hydroxylation sites is 1. The van der Waals surface area contributed by atoms with Crippen LogP contribution >= 0.6 is 0 Å². The Hall–Kier alpha value is -7.04. The molecule has 4 heteroatoms. The molecule has 3 heterocycles. The number of aromatic nitrogens is 3. The molecule has 0 aliphatic rings. The number of fused-ring (bicyclic) bond motifs is 1. The highest BCUT2D eigenvalue weighted by molar-refractivity contribution is 5.99. The lowest BCUT2D eigenvalue weighted by atomic mass is 9.88. The molecule has 258 valence electrons. The highest BCUT2D eigenvalue weighted by Crippen LogP contribution is 2.45. The largest absolute Gasteiger partial charge is 0.507 e. The predicted octanol–water partition coefficient (Wildman–Crippen LogP) is 12.7. The lowest BCUT2D eigenvalue weighted by Gasteiger charge is -2.18. The van der Waals surface area contributed by atoms with Gasteiger partial charge in [0.15, 0.2) is 0 Å². The number of aromatic hydroxyl groups is 1. The number of rotatable bonds is 7. The smallest absolute Gasteiger partial charge is 0.137 e. The number of hydrogen-bond donors (Lipinski definition) is 1. The Bertz CT molecular complexity index is 2720. The van der Waals surface area contributed by atoms with Crippen LogP contribution in [0.5, 0.6) is 5.75 Å². The van der Waals surface area contributed by atoms with Gasteiger partial charge in [-0.2, -0.15) is 0 Å². The molecule has 0 saturated carbocycles. The number of nitrogens with zero attached hydrogens (tertiary/aromatic N) is 3. The number of pyridine rings is 2. The summed E-state index contributed by atoms with van der Waals surface area (Å²) >= 11 is 0. The van der Waals surface area contributed by atoms with Gasteiger partial charge in [0.2, 0.25) is 0 Å². The van der Waals surface area contributed by atoms with Gasteiger partial charge in [0.25, 0.3) is 0 Å². The van der Waals surface area contributed by atoms with Gasteiger partial charge in [-0.15, -0.1) is 0 Å². The van der Waals surface area contributed by atoms with Crippen molar-refractivity contribution in [3.63, 3.8) is 0 Å². The zero-order valence-corrected chi connectivity index (χ0v) is 30.1. The molecule has 0 aliphatic carbocycles. The fourth-order valence-corrected chi connectivity index (χ4v) is 7.71. The van der Waals surface area contributed by atoms with Crippen LogP contribution in [0, 0.1) is 13.8 Å². The molecule has 0 saturated heterocycles. The molecule has 0 radical (unpaired) electrons.